The van der Waals surface area contributed by atoms with Crippen LogP contribution in [-0.4, -0.2) is 56.0 Å². The highest BCUT2D eigenvalue weighted by atomic mass is 16.5. The summed E-state index contributed by atoms with van der Waals surface area (Å²) in [6.45, 7) is 16.3. The summed E-state index contributed by atoms with van der Waals surface area (Å²) in [4.78, 5) is 13.8. The van der Waals surface area contributed by atoms with Crippen LogP contribution in [0.2, 0.25) is 0 Å². The fraction of sp³-hybridized carbons (Fsp3) is 0.419. The maximum Gasteiger partial charge on any atom is 0.139 e. The van der Waals surface area contributed by atoms with E-state index in [2.05, 4.69) is 90.2 Å². The Labute approximate surface area is 229 Å². The van der Waals surface area contributed by atoms with E-state index in [0.29, 0.717) is 0 Å². The highest BCUT2D eigenvalue weighted by Crippen LogP contribution is 2.33. The molecule has 1 atom stereocenters. The number of hydrogen-bond acceptors (Lipinski definition) is 6. The zero-order chi connectivity index (χ0) is 27.5. The maximum atomic E-state index is 6.53. The molecule has 7 nitrogen and oxygen atoms in total. The Morgan fingerprint density at radius 1 is 1.21 bits per heavy atom. The number of nitrogens with zero attached hydrogens (tertiary/aromatic N) is 4. The van der Waals surface area contributed by atoms with E-state index < -0.39 is 0 Å². The standard InChI is InChI=1S/C31H44N6O/c1-8-23(3)20-29-24(4)37(19-18-36(7)31(29)35-25(5)34-9-2)27-13-10-14-28(21-27)38-30(15-17-32-6)26-12-11-16-33-22-26/h10-14,16,20-22,30,32H,4,8-9,15,17-19H2,1-3,5-7H3,(H,34,35)/b23-20-. The number of likely N-dealkylation sites (N-methyl/N-ethyl adjacent to an activating group) is 1. The first-order valence-corrected chi connectivity index (χ1v) is 13.6. The topological polar surface area (TPSA) is 65.0 Å². The van der Waals surface area contributed by atoms with Crippen molar-refractivity contribution in [1.82, 2.24) is 20.5 Å². The van der Waals surface area contributed by atoms with Gasteiger partial charge in [-0.25, -0.2) is 4.99 Å². The van der Waals surface area contributed by atoms with Crippen LogP contribution < -0.4 is 20.3 Å². The number of aromatic nitrogens is 1. The van der Waals surface area contributed by atoms with Crippen LogP contribution in [-0.2, 0) is 0 Å². The first-order valence-electron chi connectivity index (χ1n) is 13.6. The van der Waals surface area contributed by atoms with E-state index in [1.807, 2.05) is 32.3 Å². The molecule has 1 aromatic carbocycles. The first kappa shape index (κ1) is 29.0. The molecule has 204 valence electrons. The molecule has 1 unspecified atom stereocenters. The molecule has 2 aromatic rings. The number of hydrogen-bond donors (Lipinski definition) is 2. The minimum absolute atomic E-state index is 0.0922. The second-order valence-electron chi connectivity index (χ2n) is 9.61. The average Bonchev–Trinajstić information content (AvgIpc) is 3.03. The lowest BCUT2D eigenvalue weighted by molar-refractivity contribution is 0.194. The van der Waals surface area contributed by atoms with E-state index in [0.717, 1.165) is 78.9 Å². The number of pyridine rings is 1. The zero-order valence-corrected chi connectivity index (χ0v) is 23.9. The van der Waals surface area contributed by atoms with Gasteiger partial charge in [0.2, 0.25) is 0 Å². The maximum absolute atomic E-state index is 6.53. The number of allylic oxidation sites excluding steroid dienone is 2. The molecular formula is C31H44N6O. The summed E-state index contributed by atoms with van der Waals surface area (Å²) in [5.74, 6) is 2.65. The molecule has 1 aromatic heterocycles. The van der Waals surface area contributed by atoms with Crippen molar-refractivity contribution < 1.29 is 4.74 Å². The Bertz CT molecular complexity index is 1150. The molecule has 7 heteroatoms. The lowest BCUT2D eigenvalue weighted by Gasteiger charge is -2.27. The van der Waals surface area contributed by atoms with E-state index in [-0.39, 0.29) is 6.10 Å². The third-order valence-corrected chi connectivity index (χ3v) is 6.67. The van der Waals surface area contributed by atoms with Gasteiger partial charge in [-0.05, 0) is 59.0 Å². The van der Waals surface area contributed by atoms with Gasteiger partial charge in [0.15, 0.2) is 0 Å². The fourth-order valence-corrected chi connectivity index (χ4v) is 4.38. The van der Waals surface area contributed by atoms with E-state index in [9.17, 15) is 0 Å². The molecular weight excluding hydrogens is 472 g/mol. The van der Waals surface area contributed by atoms with Crippen LogP contribution in [0.25, 0.3) is 0 Å². The molecule has 2 heterocycles. The van der Waals surface area contributed by atoms with Crippen LogP contribution in [0, 0.1) is 0 Å². The monoisotopic (exact) mass is 516 g/mol. The van der Waals surface area contributed by atoms with Crippen molar-refractivity contribution >= 4 is 11.5 Å². The second-order valence-corrected chi connectivity index (χ2v) is 9.61. The van der Waals surface area contributed by atoms with Gasteiger partial charge in [-0.3, -0.25) is 4.98 Å². The number of anilines is 1. The first-order chi connectivity index (χ1) is 18.4. The van der Waals surface area contributed by atoms with Crippen LogP contribution in [0.4, 0.5) is 5.69 Å². The predicted octanol–water partition coefficient (Wildman–Crippen LogP) is 5.67. The van der Waals surface area contributed by atoms with Crippen molar-refractivity contribution in [2.45, 2.75) is 46.6 Å². The quantitative estimate of drug-likeness (QED) is 0.296. The number of benzene rings is 1. The van der Waals surface area contributed by atoms with Crippen molar-refractivity contribution in [3.05, 3.63) is 89.7 Å². The Hall–Kier alpha value is -3.58. The average molecular weight is 517 g/mol. The number of rotatable bonds is 11. The highest BCUT2D eigenvalue weighted by molar-refractivity contribution is 5.80. The number of ether oxygens (including phenoxy) is 1. The van der Waals surface area contributed by atoms with E-state index in [4.69, 9.17) is 9.73 Å². The van der Waals surface area contributed by atoms with E-state index >= 15 is 0 Å². The molecule has 38 heavy (non-hydrogen) atoms. The lowest BCUT2D eigenvalue weighted by atomic mass is 10.1. The molecule has 2 N–H and O–H groups in total. The molecule has 0 spiro atoms. The van der Waals surface area contributed by atoms with Crippen LogP contribution >= 0.6 is 0 Å². The molecule has 0 radical (unpaired) electrons. The fourth-order valence-electron chi connectivity index (χ4n) is 4.38. The number of amidine groups is 1. The van der Waals surface area contributed by atoms with Gasteiger partial charge in [0.25, 0.3) is 0 Å². The summed E-state index contributed by atoms with van der Waals surface area (Å²) in [7, 11) is 4.06. The van der Waals surface area contributed by atoms with Crippen molar-refractivity contribution in [1.29, 1.82) is 0 Å². The third kappa shape index (κ3) is 7.71. The van der Waals surface area contributed by atoms with Crippen LogP contribution in [0.5, 0.6) is 5.75 Å². The van der Waals surface area contributed by atoms with Crippen molar-refractivity contribution in [2.24, 2.45) is 4.99 Å². The van der Waals surface area contributed by atoms with Gasteiger partial charge in [-0.15, -0.1) is 0 Å². The summed E-state index contributed by atoms with van der Waals surface area (Å²) >= 11 is 0. The van der Waals surface area contributed by atoms with Crippen molar-refractivity contribution in [2.75, 3.05) is 45.2 Å². The second kappa shape index (κ2) is 14.4. The molecule has 0 amide bonds. The van der Waals surface area contributed by atoms with Gasteiger partial charge in [-0.2, -0.15) is 0 Å². The number of aliphatic imine (C=N–C) groups is 1. The van der Waals surface area contributed by atoms with Gasteiger partial charge < -0.3 is 25.2 Å². The molecule has 0 aliphatic carbocycles. The van der Waals surface area contributed by atoms with Crippen LogP contribution in [0.1, 0.15) is 52.2 Å². The minimum atomic E-state index is -0.0922. The van der Waals surface area contributed by atoms with Crippen LogP contribution in [0.3, 0.4) is 0 Å². The lowest BCUT2D eigenvalue weighted by Crippen LogP contribution is -2.29. The molecule has 1 aliphatic heterocycles. The minimum Gasteiger partial charge on any atom is -0.486 e. The summed E-state index contributed by atoms with van der Waals surface area (Å²) in [6, 6.07) is 12.3. The normalized spacial score (nSPS) is 16.0. The predicted molar refractivity (Wildman–Crippen MR) is 160 cm³/mol. The Morgan fingerprint density at radius 3 is 2.71 bits per heavy atom. The van der Waals surface area contributed by atoms with Gasteiger partial charge >= 0.3 is 0 Å². The Kier molecular flexibility index (Phi) is 11.0. The Morgan fingerprint density at radius 2 is 2.03 bits per heavy atom. The summed E-state index contributed by atoms with van der Waals surface area (Å²) in [6.07, 6.45) is 7.62. The van der Waals surface area contributed by atoms with Gasteiger partial charge in [0, 0.05) is 74.1 Å². The zero-order valence-electron chi connectivity index (χ0n) is 23.9. The molecule has 0 saturated carbocycles. The van der Waals surface area contributed by atoms with Crippen molar-refractivity contribution in [3.8, 4) is 5.75 Å². The molecule has 0 bridgehead atoms. The van der Waals surface area contributed by atoms with Crippen molar-refractivity contribution in [3.63, 3.8) is 0 Å². The highest BCUT2D eigenvalue weighted by Gasteiger charge is 2.24. The van der Waals surface area contributed by atoms with Gasteiger partial charge in [0.05, 0.1) is 0 Å². The summed E-state index contributed by atoms with van der Waals surface area (Å²) in [5.41, 5.74) is 5.37. The van der Waals surface area contributed by atoms with Gasteiger partial charge in [-0.1, -0.05) is 37.3 Å². The smallest absolute Gasteiger partial charge is 0.139 e. The summed E-state index contributed by atoms with van der Waals surface area (Å²) < 4.78 is 6.53. The van der Waals surface area contributed by atoms with E-state index in [1.165, 1.54) is 5.57 Å². The SMILES string of the molecule is C=C1C(/C=C(/C)CC)=C(/N=C(\C)NCC)N(C)CCN1c1cccc(OC(CCNC)c2cccnc2)c1. The Balaban J connectivity index is 1.98. The third-order valence-electron chi connectivity index (χ3n) is 6.67. The largest absolute Gasteiger partial charge is 0.486 e. The summed E-state index contributed by atoms with van der Waals surface area (Å²) in [5, 5.41) is 6.57. The molecule has 0 saturated heterocycles. The van der Waals surface area contributed by atoms with Gasteiger partial charge in [0.1, 0.15) is 23.5 Å². The molecule has 0 fully saturated rings. The molecule has 3 rings (SSSR count). The molecule has 1 aliphatic rings. The van der Waals surface area contributed by atoms with Crippen LogP contribution in [0.15, 0.2) is 89.1 Å². The van der Waals surface area contributed by atoms with E-state index in [1.54, 1.807) is 6.20 Å². The number of nitrogens with one attached hydrogen (secondary N) is 2.